The predicted molar refractivity (Wildman–Crippen MR) is 218 cm³/mol. The van der Waals surface area contributed by atoms with Gasteiger partial charge in [0.25, 0.3) is 0 Å². The van der Waals surface area contributed by atoms with Gasteiger partial charge >= 0.3 is 21.1 Å². The molecule has 0 saturated carbocycles. The van der Waals surface area contributed by atoms with Gasteiger partial charge in [0.1, 0.15) is 17.3 Å². The maximum Gasteiger partial charge on any atom is 2.00 e. The number of benzene rings is 7. The van der Waals surface area contributed by atoms with Crippen molar-refractivity contribution in [1.29, 1.82) is 0 Å². The normalized spacial score (nSPS) is 11.9. The smallest absolute Gasteiger partial charge is 0.481 e. The number of oxazole rings is 1. The third-order valence-corrected chi connectivity index (χ3v) is 10.7. The third-order valence-electron chi connectivity index (χ3n) is 10.7. The number of para-hydroxylation sites is 6. The first kappa shape index (κ1) is 31.7. The van der Waals surface area contributed by atoms with Crippen molar-refractivity contribution in [2.75, 3.05) is 0 Å². The Balaban J connectivity index is 0.00000352. The fraction of sp³-hybridized carbons (Fsp3) is 0. The van der Waals surface area contributed by atoms with E-state index in [4.69, 9.17) is 14.4 Å². The first-order chi connectivity index (χ1) is 26.8. The SMILES string of the molecule is [Pt+2].[c-]1c(-c2nc3ccccc3o2)ccc2c3ccccc3n(-c3[c-]c4c(cc3)c3ccccc3n4-c3cc(-n4c5ccccc5c5ccccc54)ccn3)c12. The average Bonchev–Trinajstić information content (AvgIpc) is 3.98. The van der Waals surface area contributed by atoms with Crippen LogP contribution in [-0.4, -0.2) is 23.7 Å². The summed E-state index contributed by atoms with van der Waals surface area (Å²) < 4.78 is 13.0. The van der Waals surface area contributed by atoms with E-state index in [1.807, 2.05) is 36.5 Å². The van der Waals surface area contributed by atoms with Crippen LogP contribution < -0.4 is 0 Å². The van der Waals surface area contributed by atoms with Gasteiger partial charge in [-0.1, -0.05) is 107 Å². The predicted octanol–water partition coefficient (Wildman–Crippen LogP) is 11.8. The molecule has 0 aliphatic rings. The maximum absolute atomic E-state index is 6.19. The van der Waals surface area contributed by atoms with E-state index < -0.39 is 0 Å². The minimum atomic E-state index is 0. The molecule has 0 N–H and O–H groups in total. The standard InChI is InChI=1S/C48H27N5O.Pt/c1-6-16-40-33(11-1)34-12-2-7-17-41(34)51(40)32-25-26-49-47(29-32)53-43-19-9-4-14-36(43)38-24-22-31(28-45(38)53)52-42-18-8-3-13-35(42)37-23-21-30(27-44(37)52)48-50-39-15-5-10-20-46(39)54-48;/h1-26,29H;/q-2;+2. The van der Waals surface area contributed by atoms with E-state index >= 15 is 0 Å². The van der Waals surface area contributed by atoms with E-state index in [2.05, 4.69) is 153 Å². The Hall–Kier alpha value is -6.75. The molecule has 0 bridgehead atoms. The molecule has 0 unspecified atom stereocenters. The Morgan fingerprint density at radius 2 is 1.02 bits per heavy atom. The molecule has 7 aromatic carbocycles. The summed E-state index contributed by atoms with van der Waals surface area (Å²) in [6.45, 7) is 0. The molecule has 5 heterocycles. The van der Waals surface area contributed by atoms with Gasteiger partial charge < -0.3 is 18.1 Å². The summed E-state index contributed by atoms with van der Waals surface area (Å²) in [5, 5.41) is 6.94. The van der Waals surface area contributed by atoms with E-state index in [0.29, 0.717) is 5.89 Å². The van der Waals surface area contributed by atoms with E-state index in [0.717, 1.165) is 88.5 Å². The number of hydrogen-bond acceptors (Lipinski definition) is 3. The third kappa shape index (κ3) is 4.65. The van der Waals surface area contributed by atoms with Crippen molar-refractivity contribution in [3.63, 3.8) is 0 Å². The van der Waals surface area contributed by atoms with Crippen molar-refractivity contribution < 1.29 is 25.5 Å². The molecule has 5 aromatic heterocycles. The number of rotatable bonds is 4. The van der Waals surface area contributed by atoms with Crippen molar-refractivity contribution in [1.82, 2.24) is 23.7 Å². The number of hydrogen-bond donors (Lipinski definition) is 0. The number of aromatic nitrogens is 5. The van der Waals surface area contributed by atoms with Gasteiger partial charge in [-0.3, -0.25) is 4.98 Å². The number of pyridine rings is 1. The zero-order chi connectivity index (χ0) is 35.3. The van der Waals surface area contributed by atoms with Gasteiger partial charge in [-0.25, -0.2) is 4.98 Å². The van der Waals surface area contributed by atoms with Crippen LogP contribution in [0.1, 0.15) is 0 Å². The second-order valence-electron chi connectivity index (χ2n) is 13.7. The van der Waals surface area contributed by atoms with Gasteiger partial charge in [0.15, 0.2) is 0 Å². The molecule has 0 aliphatic carbocycles. The summed E-state index contributed by atoms with van der Waals surface area (Å²) in [5.74, 6) is 1.37. The maximum atomic E-state index is 6.19. The van der Waals surface area contributed by atoms with Gasteiger partial charge in [-0.05, 0) is 58.8 Å². The van der Waals surface area contributed by atoms with Crippen LogP contribution in [0.25, 0.3) is 105 Å². The van der Waals surface area contributed by atoms with Crippen LogP contribution >= 0.6 is 0 Å². The van der Waals surface area contributed by atoms with Crippen LogP contribution in [0, 0.1) is 12.1 Å². The van der Waals surface area contributed by atoms with Crippen molar-refractivity contribution in [3.8, 4) is 28.6 Å². The fourth-order valence-corrected chi connectivity index (χ4v) is 8.38. The molecule has 6 nitrogen and oxygen atoms in total. The Kier molecular flexibility index (Phi) is 7.01. The Morgan fingerprint density at radius 1 is 0.473 bits per heavy atom. The van der Waals surface area contributed by atoms with Crippen LogP contribution in [0.15, 0.2) is 168 Å². The molecule has 7 heteroatoms. The Labute approximate surface area is 328 Å². The van der Waals surface area contributed by atoms with Gasteiger partial charge in [0.05, 0.1) is 22.2 Å². The van der Waals surface area contributed by atoms with Crippen molar-refractivity contribution in [3.05, 3.63) is 176 Å². The summed E-state index contributed by atoms with van der Waals surface area (Å²) in [6.07, 6.45) is 1.91. The molecular weight excluding hydrogens is 858 g/mol. The molecule has 0 aliphatic heterocycles. The summed E-state index contributed by atoms with van der Waals surface area (Å²) in [4.78, 5) is 9.80. The van der Waals surface area contributed by atoms with E-state index in [9.17, 15) is 0 Å². The molecule has 0 saturated heterocycles. The second kappa shape index (κ2) is 12.1. The monoisotopic (exact) mass is 884 g/mol. The first-order valence-corrected chi connectivity index (χ1v) is 18.0. The van der Waals surface area contributed by atoms with Gasteiger partial charge in [-0.2, -0.15) is 6.07 Å². The van der Waals surface area contributed by atoms with Gasteiger partial charge in [0.2, 0.25) is 0 Å². The molecule has 0 radical (unpaired) electrons. The zero-order valence-electron chi connectivity index (χ0n) is 29.0. The fourth-order valence-electron chi connectivity index (χ4n) is 8.38. The molecule has 0 atom stereocenters. The summed E-state index contributed by atoms with van der Waals surface area (Å²) in [7, 11) is 0. The minimum absolute atomic E-state index is 0. The van der Waals surface area contributed by atoms with E-state index in [-0.39, 0.29) is 21.1 Å². The number of fused-ring (bicyclic) bond motifs is 10. The molecule has 260 valence electrons. The largest absolute Gasteiger partial charge is 2.00 e. The minimum Gasteiger partial charge on any atom is -0.481 e. The topological polar surface area (TPSA) is 53.7 Å². The molecule has 12 aromatic rings. The molecule has 0 spiro atoms. The molecule has 12 rings (SSSR count). The average molecular weight is 885 g/mol. The van der Waals surface area contributed by atoms with Crippen LogP contribution in [-0.2, 0) is 21.1 Å². The van der Waals surface area contributed by atoms with Crippen molar-refractivity contribution in [2.24, 2.45) is 0 Å². The Morgan fingerprint density at radius 3 is 1.69 bits per heavy atom. The summed E-state index contributed by atoms with van der Waals surface area (Å²) in [6, 6.07) is 62.5. The molecule has 0 fully saturated rings. The summed E-state index contributed by atoms with van der Waals surface area (Å²) >= 11 is 0. The quantitative estimate of drug-likeness (QED) is 0.165. The van der Waals surface area contributed by atoms with Crippen LogP contribution in [0.2, 0.25) is 0 Å². The number of nitrogens with zero attached hydrogens (tertiary/aromatic N) is 5. The zero-order valence-corrected chi connectivity index (χ0v) is 31.3. The van der Waals surface area contributed by atoms with Gasteiger partial charge in [0, 0.05) is 34.1 Å². The Bertz CT molecular complexity index is 3390. The van der Waals surface area contributed by atoms with Crippen LogP contribution in [0.5, 0.6) is 0 Å². The van der Waals surface area contributed by atoms with Gasteiger partial charge in [-0.15, -0.1) is 35.7 Å². The molecule has 0 amide bonds. The van der Waals surface area contributed by atoms with E-state index in [1.54, 1.807) is 0 Å². The van der Waals surface area contributed by atoms with Crippen molar-refractivity contribution in [2.45, 2.75) is 0 Å². The summed E-state index contributed by atoms with van der Waals surface area (Å²) in [5.41, 5.74) is 10.7. The molecular formula is C48H27N5OPt. The first-order valence-electron chi connectivity index (χ1n) is 18.0. The van der Waals surface area contributed by atoms with E-state index in [1.165, 1.54) is 10.8 Å². The van der Waals surface area contributed by atoms with Crippen LogP contribution in [0.3, 0.4) is 0 Å². The van der Waals surface area contributed by atoms with Crippen LogP contribution in [0.4, 0.5) is 0 Å². The second-order valence-corrected chi connectivity index (χ2v) is 13.7. The van der Waals surface area contributed by atoms with Crippen molar-refractivity contribution >= 4 is 76.5 Å². The molecule has 55 heavy (non-hydrogen) atoms.